The van der Waals surface area contributed by atoms with Gasteiger partial charge in [-0.05, 0) is 48.4 Å². The number of nitrogens with one attached hydrogen (secondary N) is 2. The van der Waals surface area contributed by atoms with Gasteiger partial charge in [0.15, 0.2) is 0 Å². The summed E-state index contributed by atoms with van der Waals surface area (Å²) >= 11 is 5.99. The van der Waals surface area contributed by atoms with Gasteiger partial charge in [0, 0.05) is 18.1 Å². The second-order valence-electron chi connectivity index (χ2n) is 6.34. The van der Waals surface area contributed by atoms with Gasteiger partial charge >= 0.3 is 0 Å². The van der Waals surface area contributed by atoms with Crippen molar-refractivity contribution in [3.8, 4) is 5.75 Å². The predicted octanol–water partition coefficient (Wildman–Crippen LogP) is 3.92. The van der Waals surface area contributed by atoms with Gasteiger partial charge in [0.25, 0.3) is 0 Å². The van der Waals surface area contributed by atoms with E-state index in [4.69, 9.17) is 16.3 Å². The summed E-state index contributed by atoms with van der Waals surface area (Å²) in [6.07, 6.45) is 3.49. The van der Waals surface area contributed by atoms with Crippen LogP contribution >= 0.6 is 24.0 Å². The van der Waals surface area contributed by atoms with Crippen LogP contribution in [0.2, 0.25) is 5.02 Å². The van der Waals surface area contributed by atoms with Gasteiger partial charge in [0.05, 0.1) is 6.42 Å². The maximum absolute atomic E-state index is 12.2. The zero-order chi connectivity index (χ0) is 18.2. The Morgan fingerprint density at radius 3 is 2.74 bits per heavy atom. The topological polar surface area (TPSA) is 50.4 Å². The Balaban J connectivity index is 0.00000261. The van der Waals surface area contributed by atoms with Gasteiger partial charge in [-0.25, -0.2) is 0 Å². The molecule has 6 heteroatoms. The van der Waals surface area contributed by atoms with Crippen LogP contribution in [0.1, 0.15) is 17.5 Å². The van der Waals surface area contributed by atoms with E-state index in [2.05, 4.69) is 16.7 Å². The largest absolute Gasteiger partial charge is 0.489 e. The molecule has 2 aromatic rings. The Morgan fingerprint density at radius 1 is 1.15 bits per heavy atom. The van der Waals surface area contributed by atoms with Gasteiger partial charge in [0.1, 0.15) is 12.4 Å². The van der Waals surface area contributed by atoms with Crippen LogP contribution in [0.4, 0.5) is 0 Å². The van der Waals surface area contributed by atoms with Crippen LogP contribution in [0.3, 0.4) is 0 Å². The molecule has 3 rings (SSSR count). The number of rotatable bonds is 7. The highest BCUT2D eigenvalue weighted by Gasteiger charge is 2.07. The number of hydrogen-bond acceptors (Lipinski definition) is 3. The Labute approximate surface area is 171 Å². The highest BCUT2D eigenvalue weighted by molar-refractivity contribution is 6.30. The van der Waals surface area contributed by atoms with E-state index in [0.29, 0.717) is 24.6 Å². The summed E-state index contributed by atoms with van der Waals surface area (Å²) in [5.74, 6) is 0.771. The van der Waals surface area contributed by atoms with Gasteiger partial charge in [-0.15, -0.1) is 12.4 Å². The lowest BCUT2D eigenvalue weighted by atomic mass is 10.1. The molecule has 2 N–H and O–H groups in total. The van der Waals surface area contributed by atoms with E-state index in [-0.39, 0.29) is 18.3 Å². The molecular weight excluding hydrogens is 383 g/mol. The van der Waals surface area contributed by atoms with E-state index >= 15 is 0 Å². The molecule has 0 aromatic heterocycles. The molecule has 0 spiro atoms. The lowest BCUT2D eigenvalue weighted by Crippen LogP contribution is -2.30. The minimum atomic E-state index is 0. The highest BCUT2D eigenvalue weighted by Crippen LogP contribution is 2.17. The maximum Gasteiger partial charge on any atom is 0.224 e. The van der Waals surface area contributed by atoms with Gasteiger partial charge in [-0.2, -0.15) is 0 Å². The average Bonchev–Trinajstić information content (AvgIpc) is 2.66. The second kappa shape index (κ2) is 11.0. The Morgan fingerprint density at radius 2 is 1.96 bits per heavy atom. The molecule has 1 heterocycles. The Bertz CT molecular complexity index is 793. The van der Waals surface area contributed by atoms with Crippen LogP contribution < -0.4 is 15.4 Å². The molecule has 1 amide bonds. The molecule has 2 aromatic carbocycles. The van der Waals surface area contributed by atoms with E-state index < -0.39 is 0 Å². The molecule has 0 saturated carbocycles. The summed E-state index contributed by atoms with van der Waals surface area (Å²) in [6, 6.07) is 15.2. The minimum Gasteiger partial charge on any atom is -0.489 e. The fourth-order valence-electron chi connectivity index (χ4n) is 2.83. The molecule has 0 fully saturated rings. The molecule has 1 aliphatic heterocycles. The summed E-state index contributed by atoms with van der Waals surface area (Å²) < 4.78 is 5.82. The number of carbonyl (C=O) groups excluding carboxylic acids is 1. The van der Waals surface area contributed by atoms with Crippen molar-refractivity contribution in [2.75, 3.05) is 19.6 Å². The zero-order valence-corrected chi connectivity index (χ0v) is 16.6. The van der Waals surface area contributed by atoms with Crippen molar-refractivity contribution in [1.82, 2.24) is 10.6 Å². The zero-order valence-electron chi connectivity index (χ0n) is 15.0. The lowest BCUT2D eigenvalue weighted by Gasteiger charge is -2.14. The fourth-order valence-corrected chi connectivity index (χ4v) is 3.04. The van der Waals surface area contributed by atoms with Gasteiger partial charge in [-0.3, -0.25) is 4.79 Å². The van der Waals surface area contributed by atoms with Crippen LogP contribution in [0.15, 0.2) is 60.2 Å². The first kappa shape index (κ1) is 21.3. The van der Waals surface area contributed by atoms with Crippen molar-refractivity contribution in [3.05, 3.63) is 76.3 Å². The first-order chi connectivity index (χ1) is 12.7. The van der Waals surface area contributed by atoms with Crippen LogP contribution in [-0.2, 0) is 17.8 Å². The van der Waals surface area contributed by atoms with Crippen LogP contribution in [0, 0.1) is 0 Å². The molecule has 144 valence electrons. The van der Waals surface area contributed by atoms with Crippen LogP contribution in [-0.4, -0.2) is 25.5 Å². The summed E-state index contributed by atoms with van der Waals surface area (Å²) in [4.78, 5) is 12.2. The van der Waals surface area contributed by atoms with Crippen LogP contribution in [0.25, 0.3) is 0 Å². The number of amides is 1. The average molecular weight is 407 g/mol. The van der Waals surface area contributed by atoms with E-state index in [1.165, 1.54) is 5.57 Å². The fraction of sp³-hybridized carbons (Fsp3) is 0.286. The Hall–Kier alpha value is -2.01. The number of halogens is 2. The van der Waals surface area contributed by atoms with Crippen molar-refractivity contribution in [2.24, 2.45) is 0 Å². The van der Waals surface area contributed by atoms with Crippen molar-refractivity contribution in [3.63, 3.8) is 0 Å². The third kappa shape index (κ3) is 7.25. The standard InChI is InChI=1S/C21H23ClN2O2.ClH/c22-19-5-1-4-18(11-19)15-26-20-6-2-3-17(12-20)13-21(25)24-14-16-7-9-23-10-8-16;/h1-7,11-12,23H,8-10,13-15H2,(H,24,25);1H. The van der Waals surface area contributed by atoms with E-state index in [1.807, 2.05) is 48.5 Å². The molecule has 27 heavy (non-hydrogen) atoms. The van der Waals surface area contributed by atoms with E-state index in [0.717, 1.165) is 36.4 Å². The summed E-state index contributed by atoms with van der Waals surface area (Å²) in [6.45, 7) is 2.94. The molecule has 0 bridgehead atoms. The monoisotopic (exact) mass is 406 g/mol. The third-order valence-electron chi connectivity index (χ3n) is 4.23. The SMILES string of the molecule is Cl.O=C(Cc1cccc(OCc2cccc(Cl)c2)c1)NCC1=CCNCC1. The first-order valence-corrected chi connectivity index (χ1v) is 9.18. The summed E-state index contributed by atoms with van der Waals surface area (Å²) in [5, 5.41) is 6.95. The van der Waals surface area contributed by atoms with Crippen molar-refractivity contribution < 1.29 is 9.53 Å². The third-order valence-corrected chi connectivity index (χ3v) is 4.46. The smallest absolute Gasteiger partial charge is 0.224 e. The molecule has 0 aliphatic carbocycles. The highest BCUT2D eigenvalue weighted by atomic mass is 35.5. The van der Waals surface area contributed by atoms with E-state index in [9.17, 15) is 4.79 Å². The number of ether oxygens (including phenoxy) is 1. The van der Waals surface area contributed by atoms with Gasteiger partial charge < -0.3 is 15.4 Å². The number of hydrogen-bond donors (Lipinski definition) is 2. The quantitative estimate of drug-likeness (QED) is 0.685. The van der Waals surface area contributed by atoms with E-state index in [1.54, 1.807) is 0 Å². The predicted molar refractivity (Wildman–Crippen MR) is 112 cm³/mol. The van der Waals surface area contributed by atoms with Crippen molar-refractivity contribution >= 4 is 29.9 Å². The summed E-state index contributed by atoms with van der Waals surface area (Å²) in [7, 11) is 0. The molecule has 0 radical (unpaired) electrons. The first-order valence-electron chi connectivity index (χ1n) is 8.80. The molecular formula is C21H24Cl2N2O2. The van der Waals surface area contributed by atoms with Gasteiger partial charge in [0.2, 0.25) is 5.91 Å². The molecule has 0 saturated heterocycles. The Kier molecular flexibility index (Phi) is 8.65. The second-order valence-corrected chi connectivity index (χ2v) is 6.77. The minimum absolute atomic E-state index is 0. The lowest BCUT2D eigenvalue weighted by molar-refractivity contribution is -0.120. The molecule has 1 aliphatic rings. The normalized spacial score (nSPS) is 13.3. The number of carbonyl (C=O) groups is 1. The molecule has 4 nitrogen and oxygen atoms in total. The molecule has 0 atom stereocenters. The van der Waals surface area contributed by atoms with Crippen molar-refractivity contribution in [1.29, 1.82) is 0 Å². The van der Waals surface area contributed by atoms with Crippen LogP contribution in [0.5, 0.6) is 5.75 Å². The molecule has 0 unspecified atom stereocenters. The maximum atomic E-state index is 12.2. The number of benzene rings is 2. The van der Waals surface area contributed by atoms with Gasteiger partial charge in [-0.1, -0.05) is 47.5 Å². The summed E-state index contributed by atoms with van der Waals surface area (Å²) in [5.41, 5.74) is 3.23. The van der Waals surface area contributed by atoms with Crippen molar-refractivity contribution in [2.45, 2.75) is 19.4 Å².